The SMILES string of the molecule is Cc1cc(C)n(-c2nncn2/N=C\c2cccc(OCc3ccccc3Cl)c2)n1. The zero-order chi connectivity index (χ0) is 20.2. The van der Waals surface area contributed by atoms with E-state index in [1.807, 2.05) is 68.4 Å². The maximum atomic E-state index is 6.18. The highest BCUT2D eigenvalue weighted by molar-refractivity contribution is 6.31. The Balaban J connectivity index is 1.50. The molecule has 146 valence electrons. The van der Waals surface area contributed by atoms with Crippen molar-refractivity contribution in [3.63, 3.8) is 0 Å². The van der Waals surface area contributed by atoms with Crippen LogP contribution in [0.5, 0.6) is 5.75 Å². The highest BCUT2D eigenvalue weighted by atomic mass is 35.5. The number of hydrogen-bond donors (Lipinski definition) is 0. The van der Waals surface area contributed by atoms with Crippen LogP contribution in [0.2, 0.25) is 5.02 Å². The van der Waals surface area contributed by atoms with Crippen molar-refractivity contribution in [2.24, 2.45) is 5.10 Å². The lowest BCUT2D eigenvalue weighted by atomic mass is 10.2. The minimum absolute atomic E-state index is 0.397. The fourth-order valence-electron chi connectivity index (χ4n) is 2.87. The van der Waals surface area contributed by atoms with Crippen LogP contribution in [-0.4, -0.2) is 30.9 Å². The molecule has 29 heavy (non-hydrogen) atoms. The first-order chi connectivity index (χ1) is 14.1. The standard InChI is InChI=1S/C21H19ClN6O/c1-15-10-16(2)28(26-15)21-25-23-14-27(21)24-12-17-6-5-8-19(11-17)29-13-18-7-3-4-9-20(18)22/h3-12,14H,13H2,1-2H3/b24-12-. The van der Waals surface area contributed by atoms with Crippen LogP contribution in [-0.2, 0) is 6.61 Å². The molecular weight excluding hydrogens is 388 g/mol. The quantitative estimate of drug-likeness (QED) is 0.450. The summed E-state index contributed by atoms with van der Waals surface area (Å²) in [5.74, 6) is 1.26. The number of ether oxygens (including phenoxy) is 1. The van der Waals surface area contributed by atoms with E-state index in [-0.39, 0.29) is 0 Å². The van der Waals surface area contributed by atoms with E-state index in [9.17, 15) is 0 Å². The van der Waals surface area contributed by atoms with Gasteiger partial charge in [-0.15, -0.1) is 10.2 Å². The van der Waals surface area contributed by atoms with E-state index in [0.29, 0.717) is 17.6 Å². The van der Waals surface area contributed by atoms with Crippen LogP contribution < -0.4 is 4.74 Å². The number of benzene rings is 2. The molecule has 0 aliphatic carbocycles. The molecule has 0 N–H and O–H groups in total. The van der Waals surface area contributed by atoms with Crippen molar-refractivity contribution >= 4 is 17.8 Å². The van der Waals surface area contributed by atoms with Gasteiger partial charge in [-0.1, -0.05) is 41.9 Å². The lowest BCUT2D eigenvalue weighted by Gasteiger charge is -2.08. The van der Waals surface area contributed by atoms with Crippen LogP contribution in [0.1, 0.15) is 22.5 Å². The highest BCUT2D eigenvalue weighted by Crippen LogP contribution is 2.19. The molecule has 8 heteroatoms. The van der Waals surface area contributed by atoms with Gasteiger partial charge in [-0.25, -0.2) is 4.68 Å². The van der Waals surface area contributed by atoms with E-state index in [2.05, 4.69) is 20.4 Å². The molecule has 0 aliphatic heterocycles. The second kappa shape index (κ2) is 8.28. The third-order valence-corrected chi connectivity index (χ3v) is 4.62. The molecule has 0 unspecified atom stereocenters. The Labute approximate surface area is 173 Å². The molecule has 4 aromatic rings. The summed E-state index contributed by atoms with van der Waals surface area (Å²) in [4.78, 5) is 0. The topological polar surface area (TPSA) is 70.1 Å². The summed E-state index contributed by atoms with van der Waals surface area (Å²) in [5, 5.41) is 17.7. The molecule has 0 spiro atoms. The van der Waals surface area contributed by atoms with E-state index < -0.39 is 0 Å². The van der Waals surface area contributed by atoms with E-state index in [4.69, 9.17) is 16.3 Å². The zero-order valence-electron chi connectivity index (χ0n) is 16.0. The number of aromatic nitrogens is 5. The van der Waals surface area contributed by atoms with Crippen molar-refractivity contribution in [1.29, 1.82) is 0 Å². The normalized spacial score (nSPS) is 11.3. The fraction of sp³-hybridized carbons (Fsp3) is 0.143. The Kier molecular flexibility index (Phi) is 5.39. The maximum absolute atomic E-state index is 6.18. The van der Waals surface area contributed by atoms with Crippen molar-refractivity contribution in [3.05, 3.63) is 88.5 Å². The summed E-state index contributed by atoms with van der Waals surface area (Å²) >= 11 is 6.18. The lowest BCUT2D eigenvalue weighted by molar-refractivity contribution is 0.306. The number of aryl methyl sites for hydroxylation is 2. The Morgan fingerprint density at radius 2 is 1.97 bits per heavy atom. The van der Waals surface area contributed by atoms with E-state index in [1.165, 1.54) is 0 Å². The van der Waals surface area contributed by atoms with Gasteiger partial charge < -0.3 is 4.74 Å². The predicted molar refractivity (Wildman–Crippen MR) is 112 cm³/mol. The largest absolute Gasteiger partial charge is 0.489 e. The summed E-state index contributed by atoms with van der Waals surface area (Å²) in [6, 6.07) is 17.3. The van der Waals surface area contributed by atoms with Gasteiger partial charge >= 0.3 is 0 Å². The number of rotatable bonds is 6. The van der Waals surface area contributed by atoms with Gasteiger partial charge in [0.25, 0.3) is 5.95 Å². The molecule has 0 fully saturated rings. The summed E-state index contributed by atoms with van der Waals surface area (Å²) in [5.41, 5.74) is 3.69. The maximum Gasteiger partial charge on any atom is 0.273 e. The van der Waals surface area contributed by atoms with Gasteiger partial charge in [0.15, 0.2) is 0 Å². The molecule has 2 aromatic carbocycles. The molecule has 4 rings (SSSR count). The highest BCUT2D eigenvalue weighted by Gasteiger charge is 2.10. The van der Waals surface area contributed by atoms with Crippen molar-refractivity contribution in [2.75, 3.05) is 0 Å². The fourth-order valence-corrected chi connectivity index (χ4v) is 3.06. The van der Waals surface area contributed by atoms with Crippen LogP contribution in [0, 0.1) is 13.8 Å². The molecule has 2 heterocycles. The van der Waals surface area contributed by atoms with Crippen LogP contribution in [0.4, 0.5) is 0 Å². The molecule has 0 atom stereocenters. The molecule has 0 amide bonds. The molecule has 0 saturated heterocycles. The average molecular weight is 407 g/mol. The number of nitrogens with zero attached hydrogens (tertiary/aromatic N) is 6. The summed E-state index contributed by atoms with van der Waals surface area (Å²) in [6.45, 7) is 4.29. The van der Waals surface area contributed by atoms with Gasteiger partial charge in [-0.2, -0.15) is 14.9 Å². The molecule has 0 aliphatic rings. The summed E-state index contributed by atoms with van der Waals surface area (Å²) in [7, 11) is 0. The van der Waals surface area contributed by atoms with Crippen molar-refractivity contribution in [2.45, 2.75) is 20.5 Å². The van der Waals surface area contributed by atoms with E-state index in [0.717, 1.165) is 28.3 Å². The van der Waals surface area contributed by atoms with Crippen LogP contribution in [0.15, 0.2) is 66.0 Å². The molecule has 7 nitrogen and oxygen atoms in total. The van der Waals surface area contributed by atoms with Gasteiger partial charge in [-0.3, -0.25) is 0 Å². The minimum atomic E-state index is 0.397. The lowest BCUT2D eigenvalue weighted by Crippen LogP contribution is -2.06. The first kappa shape index (κ1) is 18.9. The molecular formula is C21H19ClN6O. The van der Waals surface area contributed by atoms with Gasteiger partial charge in [0.1, 0.15) is 18.7 Å². The van der Waals surface area contributed by atoms with Crippen LogP contribution in [0.25, 0.3) is 5.95 Å². The van der Waals surface area contributed by atoms with Crippen molar-refractivity contribution < 1.29 is 4.74 Å². The predicted octanol–water partition coefficient (Wildman–Crippen LogP) is 4.20. The van der Waals surface area contributed by atoms with Crippen molar-refractivity contribution in [1.82, 2.24) is 24.7 Å². The Morgan fingerprint density at radius 1 is 1.10 bits per heavy atom. The van der Waals surface area contributed by atoms with Crippen LogP contribution in [0.3, 0.4) is 0 Å². The minimum Gasteiger partial charge on any atom is -0.489 e. The summed E-state index contributed by atoms with van der Waals surface area (Å²) < 4.78 is 9.16. The first-order valence-corrected chi connectivity index (χ1v) is 9.42. The molecule has 2 aromatic heterocycles. The monoisotopic (exact) mass is 406 g/mol. The smallest absolute Gasteiger partial charge is 0.273 e. The van der Waals surface area contributed by atoms with E-state index >= 15 is 0 Å². The Hall–Kier alpha value is -3.45. The summed E-state index contributed by atoms with van der Waals surface area (Å²) in [6.07, 6.45) is 3.26. The van der Waals surface area contributed by atoms with Gasteiger partial charge in [-0.05, 0) is 43.7 Å². The average Bonchev–Trinajstić information content (AvgIpc) is 3.31. The molecule has 0 radical (unpaired) electrons. The number of hydrogen-bond acceptors (Lipinski definition) is 5. The third kappa shape index (κ3) is 4.35. The van der Waals surface area contributed by atoms with Crippen LogP contribution >= 0.6 is 11.6 Å². The first-order valence-electron chi connectivity index (χ1n) is 9.04. The van der Waals surface area contributed by atoms with Gasteiger partial charge in [0, 0.05) is 16.3 Å². The zero-order valence-corrected chi connectivity index (χ0v) is 16.8. The second-order valence-electron chi connectivity index (χ2n) is 6.51. The van der Waals surface area contributed by atoms with Crippen molar-refractivity contribution in [3.8, 4) is 11.7 Å². The Bertz CT molecular complexity index is 1160. The van der Waals surface area contributed by atoms with E-state index in [1.54, 1.807) is 21.9 Å². The third-order valence-electron chi connectivity index (χ3n) is 4.25. The number of halogens is 1. The molecule has 0 saturated carbocycles. The van der Waals surface area contributed by atoms with Gasteiger partial charge in [0.05, 0.1) is 11.9 Å². The van der Waals surface area contributed by atoms with Gasteiger partial charge in [0.2, 0.25) is 0 Å². The molecule has 0 bridgehead atoms. The Morgan fingerprint density at radius 3 is 2.76 bits per heavy atom. The second-order valence-corrected chi connectivity index (χ2v) is 6.92.